The Morgan fingerprint density at radius 3 is 2.95 bits per heavy atom. The van der Waals surface area contributed by atoms with Crippen molar-refractivity contribution in [3.8, 4) is 0 Å². The highest BCUT2D eigenvalue weighted by atomic mass is 16.5. The van der Waals surface area contributed by atoms with Crippen LogP contribution < -0.4 is 0 Å². The highest BCUT2D eigenvalue weighted by Crippen LogP contribution is 2.42. The van der Waals surface area contributed by atoms with Gasteiger partial charge in [-0.05, 0) is 37.7 Å². The van der Waals surface area contributed by atoms with Crippen LogP contribution in [-0.2, 0) is 11.2 Å². The van der Waals surface area contributed by atoms with Crippen molar-refractivity contribution in [3.05, 3.63) is 23.5 Å². The van der Waals surface area contributed by atoms with Crippen LogP contribution in [0.15, 0.2) is 12.3 Å². The molecule has 1 aliphatic carbocycles. The minimum absolute atomic E-state index is 0.189. The molecule has 0 amide bonds. The van der Waals surface area contributed by atoms with Crippen LogP contribution in [0, 0.1) is 11.3 Å². The molecule has 0 aromatic carbocycles. The van der Waals surface area contributed by atoms with Crippen molar-refractivity contribution in [1.82, 2.24) is 4.57 Å². The van der Waals surface area contributed by atoms with Crippen LogP contribution in [0.2, 0.25) is 0 Å². The maximum atomic E-state index is 10.3. The van der Waals surface area contributed by atoms with Gasteiger partial charge < -0.3 is 14.4 Å². The van der Waals surface area contributed by atoms with Crippen LogP contribution in [0.5, 0.6) is 0 Å². The molecule has 2 aliphatic rings. The normalized spacial score (nSPS) is 31.2. The van der Waals surface area contributed by atoms with E-state index in [1.807, 2.05) is 0 Å². The van der Waals surface area contributed by atoms with Crippen molar-refractivity contribution in [3.63, 3.8) is 0 Å². The smallest absolute Gasteiger partial charge is 0.0812 e. The lowest BCUT2D eigenvalue weighted by Gasteiger charge is -2.35. The molecule has 19 heavy (non-hydrogen) atoms. The molecule has 3 unspecified atom stereocenters. The molecular weight excluding hydrogens is 238 g/mol. The average Bonchev–Trinajstić information content (AvgIpc) is 2.94. The van der Waals surface area contributed by atoms with E-state index >= 15 is 0 Å². The fraction of sp³-hybridized carbons (Fsp3) is 0.750. The Morgan fingerprint density at radius 1 is 1.47 bits per heavy atom. The quantitative estimate of drug-likeness (QED) is 0.889. The Kier molecular flexibility index (Phi) is 3.22. The average molecular weight is 263 g/mol. The first-order valence-electron chi connectivity index (χ1n) is 7.43. The summed E-state index contributed by atoms with van der Waals surface area (Å²) in [5, 5.41) is 10.3. The molecule has 2 heterocycles. The fourth-order valence-corrected chi connectivity index (χ4v) is 3.69. The van der Waals surface area contributed by atoms with Gasteiger partial charge in [0.2, 0.25) is 0 Å². The number of nitrogens with zero attached hydrogens (tertiary/aromatic N) is 1. The Balaban J connectivity index is 1.92. The predicted molar refractivity (Wildman–Crippen MR) is 75.1 cm³/mol. The van der Waals surface area contributed by atoms with E-state index in [2.05, 4.69) is 37.6 Å². The zero-order valence-electron chi connectivity index (χ0n) is 12.2. The molecule has 3 heteroatoms. The summed E-state index contributed by atoms with van der Waals surface area (Å²) in [6, 6.07) is 2.58. The summed E-state index contributed by atoms with van der Waals surface area (Å²) >= 11 is 0. The largest absolute Gasteiger partial charge is 0.388 e. The summed E-state index contributed by atoms with van der Waals surface area (Å²) in [5.74, 6) is 0.610. The first-order valence-corrected chi connectivity index (χ1v) is 7.43. The Hall–Kier alpha value is -0.800. The number of aliphatic hydroxyl groups is 1. The van der Waals surface area contributed by atoms with Gasteiger partial charge in [-0.3, -0.25) is 0 Å². The van der Waals surface area contributed by atoms with Gasteiger partial charge in [-0.15, -0.1) is 0 Å². The number of hydrogen-bond donors (Lipinski definition) is 1. The molecule has 1 fully saturated rings. The van der Waals surface area contributed by atoms with E-state index in [-0.39, 0.29) is 11.5 Å². The van der Waals surface area contributed by atoms with E-state index in [1.165, 1.54) is 5.69 Å². The number of aliphatic hydroxyl groups excluding tert-OH is 1. The molecule has 0 saturated carbocycles. The molecule has 3 rings (SSSR count). The lowest BCUT2D eigenvalue weighted by Crippen LogP contribution is -2.28. The Labute approximate surface area is 115 Å². The van der Waals surface area contributed by atoms with Crippen LogP contribution >= 0.6 is 0 Å². The molecule has 1 saturated heterocycles. The zero-order valence-corrected chi connectivity index (χ0v) is 12.2. The van der Waals surface area contributed by atoms with Gasteiger partial charge in [-0.25, -0.2) is 0 Å². The molecule has 3 nitrogen and oxygen atoms in total. The lowest BCUT2D eigenvalue weighted by molar-refractivity contribution is 0.0967. The molecule has 0 spiro atoms. The second-order valence-electron chi connectivity index (χ2n) is 7.05. The molecule has 1 aliphatic heterocycles. The number of ether oxygens (including phenoxy) is 1. The number of fused-ring (bicyclic) bond motifs is 1. The molecule has 106 valence electrons. The Morgan fingerprint density at radius 2 is 2.26 bits per heavy atom. The summed E-state index contributed by atoms with van der Waals surface area (Å²) in [7, 11) is 0. The van der Waals surface area contributed by atoms with Crippen molar-refractivity contribution in [2.45, 2.75) is 52.2 Å². The first kappa shape index (κ1) is 13.2. The van der Waals surface area contributed by atoms with Crippen LogP contribution in [0.4, 0.5) is 0 Å². The van der Waals surface area contributed by atoms with E-state index in [4.69, 9.17) is 4.74 Å². The third kappa shape index (κ3) is 2.34. The van der Waals surface area contributed by atoms with Gasteiger partial charge in [0.05, 0.1) is 12.7 Å². The number of rotatable bonds is 2. The molecule has 3 atom stereocenters. The second-order valence-corrected chi connectivity index (χ2v) is 7.05. The van der Waals surface area contributed by atoms with Crippen LogP contribution in [0.25, 0.3) is 0 Å². The van der Waals surface area contributed by atoms with Crippen LogP contribution in [0.3, 0.4) is 0 Å². The summed E-state index contributed by atoms with van der Waals surface area (Å²) in [5.41, 5.74) is 2.67. The highest BCUT2D eigenvalue weighted by molar-refractivity contribution is 5.29. The zero-order chi connectivity index (χ0) is 13.6. The standard InChI is InChI=1S/C16H25NO2/c1-11(12-5-7-19-10-12)17-6-4-13-14(17)8-16(2,3)9-15(13)18/h4,6,11-12,15,18H,5,7-10H2,1-3H3. The van der Waals surface area contributed by atoms with Crippen LogP contribution in [0.1, 0.15) is 57.0 Å². The van der Waals surface area contributed by atoms with Crippen molar-refractivity contribution in [1.29, 1.82) is 0 Å². The van der Waals surface area contributed by atoms with E-state index in [1.54, 1.807) is 0 Å². The van der Waals surface area contributed by atoms with Crippen molar-refractivity contribution in [2.75, 3.05) is 13.2 Å². The lowest BCUT2D eigenvalue weighted by atomic mass is 9.75. The van der Waals surface area contributed by atoms with Gasteiger partial charge in [0.15, 0.2) is 0 Å². The van der Waals surface area contributed by atoms with Crippen LogP contribution in [-0.4, -0.2) is 22.9 Å². The van der Waals surface area contributed by atoms with Gasteiger partial charge in [-0.1, -0.05) is 13.8 Å². The van der Waals surface area contributed by atoms with Gasteiger partial charge in [0.1, 0.15) is 0 Å². The van der Waals surface area contributed by atoms with Crippen molar-refractivity contribution in [2.24, 2.45) is 11.3 Å². The highest BCUT2D eigenvalue weighted by Gasteiger charge is 2.35. The van der Waals surface area contributed by atoms with E-state index in [0.29, 0.717) is 12.0 Å². The fourth-order valence-electron chi connectivity index (χ4n) is 3.69. The molecule has 0 radical (unpaired) electrons. The minimum Gasteiger partial charge on any atom is -0.388 e. The molecule has 1 aromatic rings. The maximum absolute atomic E-state index is 10.3. The number of aromatic nitrogens is 1. The van der Waals surface area contributed by atoms with E-state index in [9.17, 15) is 5.11 Å². The van der Waals surface area contributed by atoms with Gasteiger partial charge >= 0.3 is 0 Å². The predicted octanol–water partition coefficient (Wildman–Crippen LogP) is 3.09. The van der Waals surface area contributed by atoms with E-state index in [0.717, 1.165) is 38.0 Å². The van der Waals surface area contributed by atoms with Crippen molar-refractivity contribution >= 4 is 0 Å². The summed E-state index contributed by atoms with van der Waals surface area (Å²) in [4.78, 5) is 0. The summed E-state index contributed by atoms with van der Waals surface area (Å²) < 4.78 is 7.91. The minimum atomic E-state index is -0.299. The summed E-state index contributed by atoms with van der Waals surface area (Å²) in [6.45, 7) is 8.56. The SMILES string of the molecule is CC(C1CCOC1)n1ccc2c1CC(C)(C)CC2O. The third-order valence-electron chi connectivity index (χ3n) is 4.90. The molecule has 1 aromatic heterocycles. The maximum Gasteiger partial charge on any atom is 0.0812 e. The van der Waals surface area contributed by atoms with E-state index < -0.39 is 0 Å². The molecule has 1 N–H and O–H groups in total. The van der Waals surface area contributed by atoms with Gasteiger partial charge in [0, 0.05) is 36.0 Å². The third-order valence-corrected chi connectivity index (χ3v) is 4.90. The molecule has 0 bridgehead atoms. The first-order chi connectivity index (χ1) is 8.98. The molecular formula is C16H25NO2. The number of hydrogen-bond acceptors (Lipinski definition) is 2. The summed E-state index contributed by atoms with van der Waals surface area (Å²) in [6.07, 6.45) is 4.94. The second kappa shape index (κ2) is 4.64. The monoisotopic (exact) mass is 263 g/mol. The Bertz CT molecular complexity index is 457. The van der Waals surface area contributed by atoms with Gasteiger partial charge in [-0.2, -0.15) is 0 Å². The van der Waals surface area contributed by atoms with Gasteiger partial charge in [0.25, 0.3) is 0 Å². The topological polar surface area (TPSA) is 34.4 Å². The van der Waals surface area contributed by atoms with Crippen molar-refractivity contribution < 1.29 is 9.84 Å².